The Balaban J connectivity index is 2.27. The molecule has 13 heavy (non-hydrogen) atoms. The molecule has 1 unspecified atom stereocenters. The molecule has 2 aliphatic rings. The van der Waals surface area contributed by atoms with E-state index in [0.29, 0.717) is 12.8 Å². The molecule has 0 saturated carbocycles. The lowest BCUT2D eigenvalue weighted by atomic mass is 10.3. The van der Waals surface area contributed by atoms with Gasteiger partial charge < -0.3 is 10.6 Å². The summed E-state index contributed by atoms with van der Waals surface area (Å²) in [7, 11) is 0. The molecule has 70 valence electrons. The molecule has 2 rings (SSSR count). The first-order chi connectivity index (χ1) is 6.11. The van der Waals surface area contributed by atoms with Crippen LogP contribution in [0.3, 0.4) is 0 Å². The van der Waals surface area contributed by atoms with Crippen LogP contribution in [-0.4, -0.2) is 40.4 Å². The number of imide groups is 1. The number of nitrogens with two attached hydrogens (primary N) is 1. The third kappa shape index (κ3) is 0.980. The zero-order valence-corrected chi connectivity index (χ0v) is 6.90. The summed E-state index contributed by atoms with van der Waals surface area (Å²) in [6.45, 7) is -0.00750. The number of amides is 4. The highest BCUT2D eigenvalue weighted by Crippen LogP contribution is 2.26. The van der Waals surface area contributed by atoms with Crippen LogP contribution < -0.4 is 5.73 Å². The lowest BCUT2D eigenvalue weighted by molar-refractivity contribution is -0.130. The largest absolute Gasteiger partial charge is 0.351 e. The predicted octanol–water partition coefficient (Wildman–Crippen LogP) is -1.14. The van der Waals surface area contributed by atoms with Crippen LogP contribution >= 0.6 is 0 Å². The molecule has 0 bridgehead atoms. The lowest BCUT2D eigenvalue weighted by Crippen LogP contribution is -2.44. The van der Waals surface area contributed by atoms with E-state index >= 15 is 0 Å². The van der Waals surface area contributed by atoms with Crippen molar-refractivity contribution in [3.63, 3.8) is 0 Å². The molecule has 0 spiro atoms. The van der Waals surface area contributed by atoms with Gasteiger partial charge in [-0.3, -0.25) is 9.59 Å². The van der Waals surface area contributed by atoms with E-state index in [9.17, 15) is 14.4 Å². The molecular formula is C7H9N3O3. The molecule has 2 fully saturated rings. The highest BCUT2D eigenvalue weighted by atomic mass is 16.2. The van der Waals surface area contributed by atoms with Gasteiger partial charge in [-0.05, 0) is 6.42 Å². The fraction of sp³-hybridized carbons (Fsp3) is 0.571. The van der Waals surface area contributed by atoms with Crippen LogP contribution in [0.25, 0.3) is 0 Å². The third-order valence-corrected chi connectivity index (χ3v) is 2.41. The van der Waals surface area contributed by atoms with E-state index in [1.54, 1.807) is 0 Å². The number of urea groups is 1. The van der Waals surface area contributed by atoms with E-state index in [1.807, 2.05) is 0 Å². The maximum absolute atomic E-state index is 11.2. The van der Waals surface area contributed by atoms with E-state index in [1.165, 1.54) is 4.90 Å². The first kappa shape index (κ1) is 8.03. The Kier molecular flexibility index (Phi) is 1.51. The normalized spacial score (nSPS) is 26.9. The van der Waals surface area contributed by atoms with Crippen LogP contribution in [0.15, 0.2) is 0 Å². The van der Waals surface area contributed by atoms with Crippen molar-refractivity contribution in [3.05, 3.63) is 0 Å². The Morgan fingerprint density at radius 1 is 1.38 bits per heavy atom. The molecule has 0 aliphatic carbocycles. The molecule has 2 saturated heterocycles. The first-order valence-electron chi connectivity index (χ1n) is 4.02. The topological polar surface area (TPSA) is 83.7 Å². The number of rotatable bonds is 0. The lowest BCUT2D eigenvalue weighted by Gasteiger charge is -2.19. The van der Waals surface area contributed by atoms with Crippen molar-refractivity contribution in [1.29, 1.82) is 0 Å². The summed E-state index contributed by atoms with van der Waals surface area (Å²) in [6.07, 6.45) is 0.479. The summed E-state index contributed by atoms with van der Waals surface area (Å²) >= 11 is 0. The minimum atomic E-state index is -0.771. The van der Waals surface area contributed by atoms with Crippen LogP contribution in [0.2, 0.25) is 0 Å². The number of fused-ring (bicyclic) bond motifs is 1. The summed E-state index contributed by atoms with van der Waals surface area (Å²) in [5.41, 5.74) is 5.02. The van der Waals surface area contributed by atoms with E-state index in [2.05, 4.69) is 0 Å². The average Bonchev–Trinajstić information content (AvgIpc) is 2.51. The minimum absolute atomic E-state index is 0.00750. The minimum Gasteiger partial charge on any atom is -0.351 e. The van der Waals surface area contributed by atoms with E-state index < -0.39 is 12.2 Å². The zero-order chi connectivity index (χ0) is 9.59. The van der Waals surface area contributed by atoms with Crippen LogP contribution in [0.5, 0.6) is 0 Å². The monoisotopic (exact) mass is 183 g/mol. The maximum Gasteiger partial charge on any atom is 0.323 e. The third-order valence-electron chi connectivity index (χ3n) is 2.41. The molecule has 0 aromatic rings. The van der Waals surface area contributed by atoms with Gasteiger partial charge in [0, 0.05) is 6.42 Å². The molecule has 0 aromatic heterocycles. The van der Waals surface area contributed by atoms with Crippen LogP contribution in [0.4, 0.5) is 4.79 Å². The highest BCUT2D eigenvalue weighted by molar-refractivity contribution is 6.00. The Labute approximate surface area is 74.3 Å². The fourth-order valence-corrected chi connectivity index (χ4v) is 1.84. The van der Waals surface area contributed by atoms with Crippen molar-refractivity contribution in [1.82, 2.24) is 9.80 Å². The second kappa shape index (κ2) is 2.45. The molecule has 0 radical (unpaired) electrons. The van der Waals surface area contributed by atoms with Crippen molar-refractivity contribution in [2.75, 3.05) is 6.54 Å². The molecule has 2 N–H and O–H groups in total. The van der Waals surface area contributed by atoms with Crippen molar-refractivity contribution in [3.8, 4) is 0 Å². The zero-order valence-electron chi connectivity index (χ0n) is 6.90. The van der Waals surface area contributed by atoms with E-state index in [0.717, 1.165) is 4.90 Å². The van der Waals surface area contributed by atoms with Gasteiger partial charge in [-0.15, -0.1) is 0 Å². The highest BCUT2D eigenvalue weighted by Gasteiger charge is 2.46. The van der Waals surface area contributed by atoms with Gasteiger partial charge in [0.2, 0.25) is 5.91 Å². The number of hydrogen-bond donors (Lipinski definition) is 1. The summed E-state index contributed by atoms with van der Waals surface area (Å²) in [5.74, 6) is -0.465. The number of hydrogen-bond acceptors (Lipinski definition) is 3. The molecule has 6 nitrogen and oxygen atoms in total. The molecule has 2 heterocycles. The molecule has 2 aliphatic heterocycles. The molecule has 0 aromatic carbocycles. The van der Waals surface area contributed by atoms with Crippen molar-refractivity contribution in [2.24, 2.45) is 5.73 Å². The quantitative estimate of drug-likeness (QED) is 0.515. The van der Waals surface area contributed by atoms with Crippen LogP contribution in [-0.2, 0) is 9.59 Å². The van der Waals surface area contributed by atoms with Gasteiger partial charge in [0.25, 0.3) is 5.91 Å². The Morgan fingerprint density at radius 2 is 2.08 bits per heavy atom. The van der Waals surface area contributed by atoms with Gasteiger partial charge in [-0.1, -0.05) is 0 Å². The molecule has 1 atom stereocenters. The van der Waals surface area contributed by atoms with E-state index in [4.69, 9.17) is 5.73 Å². The number of carbonyl (C=O) groups is 3. The van der Waals surface area contributed by atoms with Gasteiger partial charge in [0.05, 0.1) is 0 Å². The molecule has 4 amide bonds. The smallest absolute Gasteiger partial charge is 0.323 e. The number of primary amides is 1. The van der Waals surface area contributed by atoms with Crippen molar-refractivity contribution < 1.29 is 14.4 Å². The Hall–Kier alpha value is -1.59. The van der Waals surface area contributed by atoms with Gasteiger partial charge >= 0.3 is 6.03 Å². The summed E-state index contributed by atoms with van der Waals surface area (Å²) < 4.78 is 0. The van der Waals surface area contributed by atoms with E-state index in [-0.39, 0.29) is 18.4 Å². The SMILES string of the molecule is NC(=O)N1C(=O)CN2C(=O)CCC21. The van der Waals surface area contributed by atoms with Crippen LogP contribution in [0.1, 0.15) is 12.8 Å². The second-order valence-corrected chi connectivity index (χ2v) is 3.14. The van der Waals surface area contributed by atoms with Gasteiger partial charge in [0.1, 0.15) is 12.7 Å². The summed E-state index contributed by atoms with van der Waals surface area (Å²) in [6, 6.07) is -0.771. The van der Waals surface area contributed by atoms with Crippen molar-refractivity contribution in [2.45, 2.75) is 19.0 Å². The summed E-state index contributed by atoms with van der Waals surface area (Å²) in [4.78, 5) is 35.6. The van der Waals surface area contributed by atoms with Crippen LogP contribution in [0, 0.1) is 0 Å². The standard InChI is InChI=1S/C7H9N3O3/c8-7(13)10-4-1-2-5(11)9(4)3-6(10)12/h4H,1-3H2,(H2,8,13). The average molecular weight is 183 g/mol. The number of carbonyl (C=O) groups excluding carboxylic acids is 3. The van der Waals surface area contributed by atoms with Gasteiger partial charge in [0.15, 0.2) is 0 Å². The Morgan fingerprint density at radius 3 is 2.69 bits per heavy atom. The Bertz CT molecular complexity index is 301. The molecule has 6 heteroatoms. The van der Waals surface area contributed by atoms with Gasteiger partial charge in [-0.25, -0.2) is 9.69 Å². The second-order valence-electron chi connectivity index (χ2n) is 3.14. The van der Waals surface area contributed by atoms with Crippen molar-refractivity contribution >= 4 is 17.8 Å². The van der Waals surface area contributed by atoms with Gasteiger partial charge in [-0.2, -0.15) is 0 Å². The fourth-order valence-electron chi connectivity index (χ4n) is 1.84. The summed E-state index contributed by atoms with van der Waals surface area (Å²) in [5, 5.41) is 0. The number of nitrogens with zero attached hydrogens (tertiary/aromatic N) is 2. The maximum atomic E-state index is 11.2. The predicted molar refractivity (Wildman–Crippen MR) is 41.2 cm³/mol. The first-order valence-corrected chi connectivity index (χ1v) is 4.02. The molecular weight excluding hydrogens is 174 g/mol.